The van der Waals surface area contributed by atoms with Crippen LogP contribution >= 0.6 is 23.2 Å². The van der Waals surface area contributed by atoms with E-state index in [-0.39, 0.29) is 26.5 Å². The van der Waals surface area contributed by atoms with Crippen LogP contribution in [0, 0.1) is 0 Å². The molecule has 0 bridgehead atoms. The Bertz CT molecular complexity index is 1300. The van der Waals surface area contributed by atoms with Crippen molar-refractivity contribution in [2.45, 2.75) is 4.90 Å². The minimum Gasteiger partial charge on any atom is -0.495 e. The van der Waals surface area contributed by atoms with Crippen LogP contribution in [0.3, 0.4) is 0 Å². The van der Waals surface area contributed by atoms with Gasteiger partial charge >= 0.3 is 0 Å². The molecule has 10 heteroatoms. The molecule has 0 atom stereocenters. The van der Waals surface area contributed by atoms with Crippen LogP contribution in [0.15, 0.2) is 77.7 Å². The van der Waals surface area contributed by atoms with E-state index in [1.54, 1.807) is 48.4 Å². The quantitative estimate of drug-likeness (QED) is 0.445. The minimum atomic E-state index is -4.07. The van der Waals surface area contributed by atoms with Crippen molar-refractivity contribution in [3.05, 3.63) is 82.8 Å². The molecule has 35 heavy (non-hydrogen) atoms. The number of carbonyl (C=O) groups is 1. The van der Waals surface area contributed by atoms with E-state index in [2.05, 4.69) is 4.90 Å². The van der Waals surface area contributed by atoms with Gasteiger partial charge in [0.15, 0.2) is 0 Å². The van der Waals surface area contributed by atoms with Gasteiger partial charge in [-0.1, -0.05) is 59.6 Å². The van der Waals surface area contributed by atoms with E-state index in [9.17, 15) is 13.2 Å². The smallest absolute Gasteiger partial charge is 0.264 e. The first-order chi connectivity index (χ1) is 16.8. The molecule has 1 fully saturated rings. The SMILES string of the molecule is COc1ccccc1N1CCN(C(=O)CN(c2cccc(Cl)c2Cl)S(=O)(=O)c2ccccc2)CC1. The molecule has 1 aliphatic rings. The Labute approximate surface area is 215 Å². The summed E-state index contributed by atoms with van der Waals surface area (Å²) in [6.07, 6.45) is 0. The summed E-state index contributed by atoms with van der Waals surface area (Å²) in [5.74, 6) is 0.447. The lowest BCUT2D eigenvalue weighted by molar-refractivity contribution is -0.129. The molecule has 1 saturated heterocycles. The average molecular weight is 534 g/mol. The Morgan fingerprint density at radius 1 is 0.914 bits per heavy atom. The van der Waals surface area contributed by atoms with Crippen LogP contribution in [0.4, 0.5) is 11.4 Å². The van der Waals surface area contributed by atoms with Gasteiger partial charge in [-0.05, 0) is 36.4 Å². The highest BCUT2D eigenvalue weighted by atomic mass is 35.5. The van der Waals surface area contributed by atoms with Crippen LogP contribution in [0.1, 0.15) is 0 Å². The van der Waals surface area contributed by atoms with Crippen LogP contribution < -0.4 is 13.9 Å². The highest BCUT2D eigenvalue weighted by molar-refractivity contribution is 7.92. The molecular weight excluding hydrogens is 509 g/mol. The Morgan fingerprint density at radius 3 is 2.26 bits per heavy atom. The van der Waals surface area contributed by atoms with Crippen molar-refractivity contribution in [3.63, 3.8) is 0 Å². The third kappa shape index (κ3) is 5.34. The molecule has 3 aromatic rings. The number of anilines is 2. The predicted molar refractivity (Wildman–Crippen MR) is 139 cm³/mol. The summed E-state index contributed by atoms with van der Waals surface area (Å²) in [6, 6.07) is 20.4. The number of carbonyl (C=O) groups excluding carboxylic acids is 1. The number of sulfonamides is 1. The molecule has 0 saturated carbocycles. The lowest BCUT2D eigenvalue weighted by Crippen LogP contribution is -2.52. The second-order valence-electron chi connectivity index (χ2n) is 7.94. The van der Waals surface area contributed by atoms with E-state index >= 15 is 0 Å². The Hall–Kier alpha value is -2.94. The molecule has 0 aliphatic carbocycles. The molecule has 0 radical (unpaired) electrons. The molecule has 0 unspecified atom stereocenters. The van der Waals surface area contributed by atoms with E-state index in [0.29, 0.717) is 26.2 Å². The van der Waals surface area contributed by atoms with Gasteiger partial charge in [-0.25, -0.2) is 8.42 Å². The number of piperazine rings is 1. The maximum Gasteiger partial charge on any atom is 0.264 e. The first-order valence-corrected chi connectivity index (χ1v) is 13.2. The van der Waals surface area contributed by atoms with E-state index in [1.807, 2.05) is 24.3 Å². The van der Waals surface area contributed by atoms with Crippen molar-refractivity contribution >= 4 is 50.5 Å². The molecule has 0 N–H and O–H groups in total. The molecule has 0 aromatic heterocycles. The van der Waals surface area contributed by atoms with Gasteiger partial charge < -0.3 is 14.5 Å². The Morgan fingerprint density at radius 2 is 1.57 bits per heavy atom. The molecule has 7 nitrogen and oxygen atoms in total. The van der Waals surface area contributed by atoms with Crippen LogP contribution in [0.5, 0.6) is 5.75 Å². The number of benzene rings is 3. The van der Waals surface area contributed by atoms with E-state index in [4.69, 9.17) is 27.9 Å². The van der Waals surface area contributed by atoms with E-state index < -0.39 is 16.6 Å². The number of amides is 1. The largest absolute Gasteiger partial charge is 0.495 e. The molecule has 0 spiro atoms. The van der Waals surface area contributed by atoms with E-state index in [0.717, 1.165) is 15.7 Å². The summed E-state index contributed by atoms with van der Waals surface area (Å²) in [7, 11) is -2.45. The van der Waals surface area contributed by atoms with Gasteiger partial charge in [0.05, 0.1) is 33.4 Å². The maximum atomic E-state index is 13.6. The molecule has 4 rings (SSSR count). The summed E-state index contributed by atoms with van der Waals surface area (Å²) in [5.41, 5.74) is 1.12. The number of ether oxygens (including phenoxy) is 1. The maximum absolute atomic E-state index is 13.6. The van der Waals surface area contributed by atoms with Gasteiger partial charge in [-0.15, -0.1) is 0 Å². The highest BCUT2D eigenvalue weighted by Crippen LogP contribution is 2.35. The van der Waals surface area contributed by atoms with Gasteiger partial charge in [-0.2, -0.15) is 0 Å². The normalized spacial score (nSPS) is 14.0. The fourth-order valence-electron chi connectivity index (χ4n) is 4.01. The third-order valence-electron chi connectivity index (χ3n) is 5.87. The Balaban J connectivity index is 1.56. The summed E-state index contributed by atoms with van der Waals surface area (Å²) >= 11 is 12.6. The summed E-state index contributed by atoms with van der Waals surface area (Å²) in [4.78, 5) is 17.2. The first kappa shape index (κ1) is 25.2. The zero-order valence-corrected chi connectivity index (χ0v) is 21.4. The fourth-order valence-corrected chi connectivity index (χ4v) is 5.91. The number of nitrogens with zero attached hydrogens (tertiary/aromatic N) is 3. The standard InChI is InChI=1S/C25H25Cl2N3O4S/c1-34-23-13-6-5-11-21(23)28-14-16-29(17-15-28)24(31)18-30(22-12-7-10-20(26)25(22)27)35(32,33)19-8-3-2-4-9-19/h2-13H,14-18H2,1H3. The van der Waals surface area contributed by atoms with Crippen molar-refractivity contribution in [2.24, 2.45) is 0 Å². The summed E-state index contributed by atoms with van der Waals surface area (Å²) < 4.78 is 33.6. The van der Waals surface area contributed by atoms with Gasteiger partial charge in [0.25, 0.3) is 10.0 Å². The van der Waals surface area contributed by atoms with Crippen molar-refractivity contribution in [3.8, 4) is 5.75 Å². The van der Waals surface area contributed by atoms with Crippen molar-refractivity contribution in [2.75, 3.05) is 49.0 Å². The molecule has 1 aliphatic heterocycles. The first-order valence-electron chi connectivity index (χ1n) is 11.0. The van der Waals surface area contributed by atoms with Crippen LogP contribution in [0.25, 0.3) is 0 Å². The molecule has 1 amide bonds. The number of halogens is 2. The van der Waals surface area contributed by atoms with Gasteiger partial charge in [-0.3, -0.25) is 9.10 Å². The highest BCUT2D eigenvalue weighted by Gasteiger charge is 2.32. The topological polar surface area (TPSA) is 70.2 Å². The monoisotopic (exact) mass is 533 g/mol. The zero-order valence-electron chi connectivity index (χ0n) is 19.1. The lowest BCUT2D eigenvalue weighted by atomic mass is 10.2. The lowest BCUT2D eigenvalue weighted by Gasteiger charge is -2.37. The van der Waals surface area contributed by atoms with Crippen molar-refractivity contribution in [1.29, 1.82) is 0 Å². The number of para-hydroxylation sites is 2. The third-order valence-corrected chi connectivity index (χ3v) is 8.45. The van der Waals surface area contributed by atoms with Crippen LogP contribution in [0.2, 0.25) is 10.0 Å². The second-order valence-corrected chi connectivity index (χ2v) is 10.6. The van der Waals surface area contributed by atoms with Crippen molar-refractivity contribution in [1.82, 2.24) is 4.90 Å². The fraction of sp³-hybridized carbons (Fsp3) is 0.240. The molecule has 184 valence electrons. The zero-order chi connectivity index (χ0) is 25.0. The van der Waals surface area contributed by atoms with Crippen LogP contribution in [-0.4, -0.2) is 59.1 Å². The minimum absolute atomic E-state index is 0.0600. The summed E-state index contributed by atoms with van der Waals surface area (Å²) in [5, 5.41) is 0.276. The molecule has 1 heterocycles. The predicted octanol–water partition coefficient (Wildman–Crippen LogP) is 4.55. The summed E-state index contributed by atoms with van der Waals surface area (Å²) in [6.45, 7) is 1.68. The van der Waals surface area contributed by atoms with Gasteiger partial charge in [0, 0.05) is 26.2 Å². The van der Waals surface area contributed by atoms with E-state index in [1.165, 1.54) is 12.1 Å². The number of hydrogen-bond acceptors (Lipinski definition) is 5. The number of methoxy groups -OCH3 is 1. The Kier molecular flexibility index (Phi) is 7.74. The van der Waals surface area contributed by atoms with Gasteiger partial charge in [0.2, 0.25) is 5.91 Å². The number of hydrogen-bond donors (Lipinski definition) is 0. The molecular formula is C25H25Cl2N3O4S. The molecule has 3 aromatic carbocycles. The van der Waals surface area contributed by atoms with Gasteiger partial charge in [0.1, 0.15) is 12.3 Å². The number of rotatable bonds is 7. The second kappa shape index (κ2) is 10.8. The average Bonchev–Trinajstić information content (AvgIpc) is 2.89. The van der Waals surface area contributed by atoms with Crippen LogP contribution in [-0.2, 0) is 14.8 Å². The van der Waals surface area contributed by atoms with Crippen molar-refractivity contribution < 1.29 is 17.9 Å².